The van der Waals surface area contributed by atoms with Gasteiger partial charge in [0.25, 0.3) is 0 Å². The highest BCUT2D eigenvalue weighted by atomic mass is 19.2. The smallest absolute Gasteiger partial charge is 0.246 e. The molecule has 186 valence electrons. The maximum atomic E-state index is 13.4. The molecule has 1 aliphatic heterocycles. The fraction of sp³-hybridized carbons (Fsp3) is 0.429. The van der Waals surface area contributed by atoms with Crippen LogP contribution in [-0.2, 0) is 16.0 Å². The molecule has 0 aromatic heterocycles. The third-order valence-electron chi connectivity index (χ3n) is 7.11. The Morgan fingerprint density at radius 1 is 1.09 bits per heavy atom. The van der Waals surface area contributed by atoms with Gasteiger partial charge >= 0.3 is 0 Å². The zero-order valence-electron chi connectivity index (χ0n) is 20.3. The minimum absolute atomic E-state index is 0.0465. The van der Waals surface area contributed by atoms with Gasteiger partial charge in [-0.2, -0.15) is 0 Å². The molecule has 2 aliphatic rings. The fourth-order valence-electron chi connectivity index (χ4n) is 4.84. The zero-order valence-corrected chi connectivity index (χ0v) is 20.3. The lowest BCUT2D eigenvalue weighted by atomic mass is 9.84. The maximum Gasteiger partial charge on any atom is 0.246 e. The Balaban J connectivity index is 1.41. The summed E-state index contributed by atoms with van der Waals surface area (Å²) in [7, 11) is 3.56. The van der Waals surface area contributed by atoms with Crippen molar-refractivity contribution >= 4 is 17.9 Å². The first-order valence-electron chi connectivity index (χ1n) is 12.2. The van der Waals surface area contributed by atoms with Crippen LogP contribution in [0.5, 0.6) is 5.75 Å². The average Bonchev–Trinajstić information content (AvgIpc) is 3.73. The van der Waals surface area contributed by atoms with Gasteiger partial charge in [-0.1, -0.05) is 18.2 Å². The van der Waals surface area contributed by atoms with Crippen molar-refractivity contribution in [3.63, 3.8) is 0 Å². The minimum Gasteiger partial charge on any atom is -0.497 e. The van der Waals surface area contributed by atoms with Crippen molar-refractivity contribution in [3.05, 3.63) is 71.3 Å². The molecule has 0 N–H and O–H groups in total. The molecule has 0 radical (unpaired) electrons. The summed E-state index contributed by atoms with van der Waals surface area (Å²) >= 11 is 0. The van der Waals surface area contributed by atoms with E-state index in [4.69, 9.17) is 4.74 Å². The molecule has 5 nitrogen and oxygen atoms in total. The van der Waals surface area contributed by atoms with Crippen LogP contribution in [0.4, 0.5) is 8.78 Å². The lowest BCUT2D eigenvalue weighted by molar-refractivity contribution is -0.136. The van der Waals surface area contributed by atoms with Crippen LogP contribution in [0.2, 0.25) is 0 Å². The summed E-state index contributed by atoms with van der Waals surface area (Å²) in [4.78, 5) is 29.3. The number of ether oxygens (including phenoxy) is 1. The van der Waals surface area contributed by atoms with Crippen molar-refractivity contribution in [1.29, 1.82) is 0 Å². The van der Waals surface area contributed by atoms with Gasteiger partial charge in [0.2, 0.25) is 11.8 Å². The molecule has 1 heterocycles. The van der Waals surface area contributed by atoms with Gasteiger partial charge in [0.05, 0.1) is 7.11 Å². The van der Waals surface area contributed by atoms with Gasteiger partial charge in [-0.05, 0) is 79.5 Å². The van der Waals surface area contributed by atoms with Crippen molar-refractivity contribution in [2.24, 2.45) is 11.8 Å². The zero-order chi connectivity index (χ0) is 24.9. The summed E-state index contributed by atoms with van der Waals surface area (Å²) in [5.74, 6) is -0.572. The number of carbonyl (C=O) groups is 2. The van der Waals surface area contributed by atoms with Crippen molar-refractivity contribution in [1.82, 2.24) is 9.80 Å². The van der Waals surface area contributed by atoms with Crippen LogP contribution >= 0.6 is 0 Å². The summed E-state index contributed by atoms with van der Waals surface area (Å²) in [6, 6.07) is 11.6. The molecule has 2 fully saturated rings. The molecular weight excluding hydrogens is 450 g/mol. The Morgan fingerprint density at radius 2 is 1.83 bits per heavy atom. The minimum atomic E-state index is -0.938. The molecule has 2 amide bonds. The molecule has 0 bridgehead atoms. The van der Waals surface area contributed by atoms with E-state index in [1.807, 2.05) is 30.1 Å². The summed E-state index contributed by atoms with van der Waals surface area (Å²) in [6.45, 7) is 1.18. The number of hydrogen-bond acceptors (Lipinski definition) is 3. The molecule has 0 unspecified atom stereocenters. The van der Waals surface area contributed by atoms with Crippen LogP contribution in [0.1, 0.15) is 36.8 Å². The van der Waals surface area contributed by atoms with E-state index in [-0.39, 0.29) is 29.7 Å². The second-order valence-electron chi connectivity index (χ2n) is 9.52. The second-order valence-corrected chi connectivity index (χ2v) is 9.52. The average molecular weight is 483 g/mol. The molecule has 35 heavy (non-hydrogen) atoms. The van der Waals surface area contributed by atoms with Crippen LogP contribution in [0.3, 0.4) is 0 Å². The topological polar surface area (TPSA) is 49.9 Å². The molecule has 1 saturated carbocycles. The highest BCUT2D eigenvalue weighted by molar-refractivity contribution is 5.91. The van der Waals surface area contributed by atoms with Gasteiger partial charge in [-0.15, -0.1) is 0 Å². The summed E-state index contributed by atoms with van der Waals surface area (Å²) in [5.41, 5.74) is 1.56. The number of halogens is 2. The number of amides is 2. The highest BCUT2D eigenvalue weighted by Crippen LogP contribution is 2.34. The van der Waals surface area contributed by atoms with Crippen LogP contribution in [0.25, 0.3) is 6.08 Å². The van der Waals surface area contributed by atoms with Crippen LogP contribution in [-0.4, -0.2) is 54.9 Å². The Morgan fingerprint density at radius 3 is 2.49 bits per heavy atom. The predicted molar refractivity (Wildman–Crippen MR) is 131 cm³/mol. The van der Waals surface area contributed by atoms with Crippen LogP contribution in [0, 0.1) is 23.5 Å². The summed E-state index contributed by atoms with van der Waals surface area (Å²) in [6.07, 6.45) is 7.16. The number of nitrogens with zero attached hydrogens (tertiary/aromatic N) is 2. The second kappa shape index (κ2) is 11.0. The molecule has 2 aromatic carbocycles. The van der Waals surface area contributed by atoms with Gasteiger partial charge in [-0.3, -0.25) is 9.59 Å². The molecule has 0 spiro atoms. The van der Waals surface area contributed by atoms with E-state index in [1.54, 1.807) is 12.0 Å². The SMILES string of the molecule is COc1cccc(C[C@H](C2CCN(C(=O)/C=C/c3ccc(F)c(F)c3)CC2)N(C)C(=O)C2CC2)c1. The van der Waals surface area contributed by atoms with Gasteiger partial charge in [0, 0.05) is 38.2 Å². The monoisotopic (exact) mass is 482 g/mol. The summed E-state index contributed by atoms with van der Waals surface area (Å²) in [5, 5.41) is 0. The van der Waals surface area contributed by atoms with Gasteiger partial charge in [0.15, 0.2) is 11.6 Å². The van der Waals surface area contributed by atoms with E-state index >= 15 is 0 Å². The van der Waals surface area contributed by atoms with Crippen molar-refractivity contribution in [2.75, 3.05) is 27.2 Å². The third-order valence-corrected chi connectivity index (χ3v) is 7.11. The number of benzene rings is 2. The van der Waals surface area contributed by atoms with Crippen molar-refractivity contribution < 1.29 is 23.1 Å². The first-order valence-corrected chi connectivity index (χ1v) is 12.2. The van der Waals surface area contributed by atoms with Gasteiger partial charge in [0.1, 0.15) is 5.75 Å². The largest absolute Gasteiger partial charge is 0.497 e. The van der Waals surface area contributed by atoms with Gasteiger partial charge < -0.3 is 14.5 Å². The standard InChI is InChI=1S/C28H32F2N2O3/c1-31(28(34)22-8-9-22)26(18-20-4-3-5-23(16-20)35-2)21-12-14-32(15-13-21)27(33)11-7-19-6-10-24(29)25(30)17-19/h3-7,10-11,16-17,21-22,26H,8-9,12-15,18H2,1-2H3/b11-7+/t26-/m1/s1. The maximum absolute atomic E-state index is 13.4. The highest BCUT2D eigenvalue weighted by Gasteiger charge is 2.38. The number of rotatable bonds is 8. The number of piperidine rings is 1. The Kier molecular flexibility index (Phi) is 7.83. The Hall–Kier alpha value is -3.22. The predicted octanol–water partition coefficient (Wildman–Crippen LogP) is 4.70. The third kappa shape index (κ3) is 6.27. The van der Waals surface area contributed by atoms with E-state index in [1.165, 1.54) is 18.2 Å². The van der Waals surface area contributed by atoms with E-state index in [2.05, 4.69) is 6.07 Å². The molecule has 1 aliphatic carbocycles. The van der Waals surface area contributed by atoms with Crippen molar-refractivity contribution in [2.45, 2.75) is 38.1 Å². The molecule has 2 aromatic rings. The first kappa shape index (κ1) is 24.9. The van der Waals surface area contributed by atoms with E-state index in [9.17, 15) is 18.4 Å². The number of methoxy groups -OCH3 is 1. The van der Waals surface area contributed by atoms with Crippen LogP contribution in [0.15, 0.2) is 48.5 Å². The van der Waals surface area contributed by atoms with Crippen LogP contribution < -0.4 is 4.74 Å². The van der Waals surface area contributed by atoms with E-state index in [0.717, 1.165) is 55.5 Å². The Bertz CT molecular complexity index is 1090. The first-order chi connectivity index (χ1) is 16.9. The van der Waals surface area contributed by atoms with Crippen molar-refractivity contribution in [3.8, 4) is 5.75 Å². The van der Waals surface area contributed by atoms with Gasteiger partial charge in [-0.25, -0.2) is 8.78 Å². The lowest BCUT2D eigenvalue weighted by Gasteiger charge is -2.40. The molecule has 4 rings (SSSR count). The van der Waals surface area contributed by atoms with E-state index in [0.29, 0.717) is 18.7 Å². The number of carbonyl (C=O) groups excluding carboxylic acids is 2. The van der Waals surface area contributed by atoms with E-state index < -0.39 is 11.6 Å². The molecule has 1 saturated heterocycles. The Labute approximate surface area is 205 Å². The molecular formula is C28H32F2N2O3. The number of likely N-dealkylation sites (tertiary alicyclic amines) is 1. The molecule has 1 atom stereocenters. The lowest BCUT2D eigenvalue weighted by Crippen LogP contribution is -2.48. The quantitative estimate of drug-likeness (QED) is 0.513. The number of hydrogen-bond donors (Lipinski definition) is 0. The summed E-state index contributed by atoms with van der Waals surface area (Å²) < 4.78 is 31.9. The number of likely N-dealkylation sites (N-methyl/N-ethyl adjacent to an activating group) is 1. The molecule has 7 heteroatoms. The fourth-order valence-corrected chi connectivity index (χ4v) is 4.84. The normalized spacial score (nSPS) is 17.4.